The molecule has 2 aromatic rings. The SMILES string of the molecule is Cc1ccc(C(=O)Nc2ccc(NC=C3C(=O)OC(C)(C)OC3=O)cc2)cc1. The van der Waals surface area contributed by atoms with Gasteiger partial charge in [-0.15, -0.1) is 0 Å². The first-order chi connectivity index (χ1) is 13.2. The van der Waals surface area contributed by atoms with E-state index in [0.29, 0.717) is 16.9 Å². The van der Waals surface area contributed by atoms with Crippen molar-refractivity contribution in [2.75, 3.05) is 10.6 Å². The van der Waals surface area contributed by atoms with Gasteiger partial charge in [0, 0.05) is 37.0 Å². The Labute approximate surface area is 162 Å². The summed E-state index contributed by atoms with van der Waals surface area (Å²) in [7, 11) is 0. The van der Waals surface area contributed by atoms with Crippen molar-refractivity contribution >= 4 is 29.2 Å². The molecule has 1 amide bonds. The first kappa shape index (κ1) is 19.2. The number of rotatable bonds is 4. The molecule has 1 saturated heterocycles. The summed E-state index contributed by atoms with van der Waals surface area (Å²) in [5, 5.41) is 5.65. The van der Waals surface area contributed by atoms with Crippen LogP contribution in [0.5, 0.6) is 0 Å². The Morgan fingerprint density at radius 2 is 1.43 bits per heavy atom. The first-order valence-corrected chi connectivity index (χ1v) is 8.65. The van der Waals surface area contributed by atoms with E-state index in [1.165, 1.54) is 20.0 Å². The van der Waals surface area contributed by atoms with Gasteiger partial charge in [0.2, 0.25) is 0 Å². The van der Waals surface area contributed by atoms with Gasteiger partial charge < -0.3 is 20.1 Å². The van der Waals surface area contributed by atoms with Crippen molar-refractivity contribution in [2.24, 2.45) is 0 Å². The molecule has 2 N–H and O–H groups in total. The summed E-state index contributed by atoms with van der Waals surface area (Å²) in [5.41, 5.74) is 2.65. The molecule has 0 atom stereocenters. The fourth-order valence-electron chi connectivity index (χ4n) is 2.49. The number of esters is 2. The largest absolute Gasteiger partial charge is 0.419 e. The minimum Gasteiger partial charge on any atom is -0.419 e. The summed E-state index contributed by atoms with van der Waals surface area (Å²) in [6.07, 6.45) is 1.24. The fourth-order valence-corrected chi connectivity index (χ4v) is 2.49. The molecule has 0 unspecified atom stereocenters. The zero-order chi connectivity index (χ0) is 20.3. The number of ether oxygens (including phenoxy) is 2. The van der Waals surface area contributed by atoms with E-state index in [0.717, 1.165) is 5.56 Å². The monoisotopic (exact) mass is 380 g/mol. The fraction of sp³-hybridized carbons (Fsp3) is 0.190. The maximum Gasteiger partial charge on any atom is 0.350 e. The third kappa shape index (κ3) is 4.56. The van der Waals surface area contributed by atoms with E-state index in [1.54, 1.807) is 36.4 Å². The number of amides is 1. The van der Waals surface area contributed by atoms with E-state index >= 15 is 0 Å². The molecule has 1 heterocycles. The predicted molar refractivity (Wildman–Crippen MR) is 104 cm³/mol. The number of aryl methyl sites for hydroxylation is 1. The lowest BCUT2D eigenvalue weighted by Gasteiger charge is -2.29. The molecule has 1 fully saturated rings. The van der Waals surface area contributed by atoms with Crippen molar-refractivity contribution < 1.29 is 23.9 Å². The van der Waals surface area contributed by atoms with Crippen LogP contribution in [-0.2, 0) is 19.1 Å². The molecule has 1 aliphatic heterocycles. The number of benzene rings is 2. The average molecular weight is 380 g/mol. The minimum atomic E-state index is -1.27. The molecule has 0 bridgehead atoms. The standard InChI is InChI=1S/C21H20N2O5/c1-13-4-6-14(7-5-13)18(24)23-16-10-8-15(9-11-16)22-12-17-19(25)27-21(2,3)28-20(17)26/h4-12,22H,1-3H3,(H,23,24). The Morgan fingerprint density at radius 1 is 0.893 bits per heavy atom. The molecule has 0 aliphatic carbocycles. The predicted octanol–water partition coefficient (Wildman–Crippen LogP) is 3.38. The van der Waals surface area contributed by atoms with Gasteiger partial charge in [-0.05, 0) is 43.3 Å². The van der Waals surface area contributed by atoms with Crippen molar-refractivity contribution in [1.82, 2.24) is 0 Å². The van der Waals surface area contributed by atoms with Gasteiger partial charge in [-0.3, -0.25) is 4.79 Å². The number of anilines is 2. The van der Waals surface area contributed by atoms with Crippen LogP contribution in [0.2, 0.25) is 0 Å². The number of cyclic esters (lactones) is 2. The van der Waals surface area contributed by atoms with Gasteiger partial charge in [0.25, 0.3) is 11.7 Å². The number of hydrogen-bond acceptors (Lipinski definition) is 6. The number of carbonyl (C=O) groups excluding carboxylic acids is 3. The number of carbonyl (C=O) groups is 3. The van der Waals surface area contributed by atoms with Gasteiger partial charge >= 0.3 is 11.9 Å². The molecule has 3 rings (SSSR count). The van der Waals surface area contributed by atoms with Crippen LogP contribution in [0.25, 0.3) is 0 Å². The summed E-state index contributed by atoms with van der Waals surface area (Å²) < 4.78 is 10.0. The summed E-state index contributed by atoms with van der Waals surface area (Å²) in [5.74, 6) is -2.99. The lowest BCUT2D eigenvalue weighted by atomic mass is 10.1. The van der Waals surface area contributed by atoms with Crippen LogP contribution >= 0.6 is 0 Å². The molecule has 0 aromatic heterocycles. The van der Waals surface area contributed by atoms with E-state index in [4.69, 9.17) is 9.47 Å². The molecule has 2 aromatic carbocycles. The van der Waals surface area contributed by atoms with Gasteiger partial charge in [0.05, 0.1) is 0 Å². The highest BCUT2D eigenvalue weighted by Crippen LogP contribution is 2.23. The molecule has 0 radical (unpaired) electrons. The lowest BCUT2D eigenvalue weighted by Crippen LogP contribution is -2.42. The Kier molecular flexibility index (Phi) is 5.17. The van der Waals surface area contributed by atoms with E-state index in [1.807, 2.05) is 19.1 Å². The highest BCUT2D eigenvalue weighted by molar-refractivity contribution is 6.15. The highest BCUT2D eigenvalue weighted by Gasteiger charge is 2.38. The Bertz CT molecular complexity index is 922. The second-order valence-corrected chi connectivity index (χ2v) is 6.78. The maximum absolute atomic E-state index is 12.2. The van der Waals surface area contributed by atoms with Crippen molar-refractivity contribution in [3.63, 3.8) is 0 Å². The summed E-state index contributed by atoms with van der Waals surface area (Å²) in [4.78, 5) is 36.0. The molecule has 144 valence electrons. The Morgan fingerprint density at radius 3 is 2.00 bits per heavy atom. The molecular formula is C21H20N2O5. The number of hydrogen-bond donors (Lipinski definition) is 2. The molecule has 0 spiro atoms. The summed E-state index contributed by atoms with van der Waals surface area (Å²) in [6.45, 7) is 4.92. The second kappa shape index (κ2) is 7.56. The van der Waals surface area contributed by atoms with Crippen LogP contribution in [0.15, 0.2) is 60.3 Å². The van der Waals surface area contributed by atoms with Crippen LogP contribution in [0, 0.1) is 6.92 Å². The second-order valence-electron chi connectivity index (χ2n) is 6.78. The van der Waals surface area contributed by atoms with E-state index in [2.05, 4.69) is 10.6 Å². The third-order valence-corrected chi connectivity index (χ3v) is 3.96. The van der Waals surface area contributed by atoms with E-state index in [-0.39, 0.29) is 11.5 Å². The minimum absolute atomic E-state index is 0.210. The molecule has 7 heteroatoms. The van der Waals surface area contributed by atoms with Crippen LogP contribution in [0.3, 0.4) is 0 Å². The van der Waals surface area contributed by atoms with Crippen LogP contribution in [-0.4, -0.2) is 23.6 Å². The lowest BCUT2D eigenvalue weighted by molar-refractivity contribution is -0.222. The van der Waals surface area contributed by atoms with Crippen molar-refractivity contribution in [1.29, 1.82) is 0 Å². The normalized spacial score (nSPS) is 15.3. The van der Waals surface area contributed by atoms with E-state index in [9.17, 15) is 14.4 Å². The zero-order valence-corrected chi connectivity index (χ0v) is 15.7. The number of nitrogens with one attached hydrogen (secondary N) is 2. The third-order valence-electron chi connectivity index (χ3n) is 3.96. The van der Waals surface area contributed by atoms with Crippen molar-refractivity contribution in [3.8, 4) is 0 Å². The maximum atomic E-state index is 12.2. The summed E-state index contributed by atoms with van der Waals surface area (Å²) >= 11 is 0. The first-order valence-electron chi connectivity index (χ1n) is 8.65. The van der Waals surface area contributed by atoms with Crippen molar-refractivity contribution in [2.45, 2.75) is 26.6 Å². The smallest absolute Gasteiger partial charge is 0.350 e. The summed E-state index contributed by atoms with van der Waals surface area (Å²) in [6, 6.07) is 14.1. The molecule has 28 heavy (non-hydrogen) atoms. The van der Waals surface area contributed by atoms with Gasteiger partial charge in [-0.2, -0.15) is 0 Å². The quantitative estimate of drug-likeness (QED) is 0.480. The average Bonchev–Trinajstić information content (AvgIpc) is 2.62. The van der Waals surface area contributed by atoms with E-state index < -0.39 is 17.7 Å². The molecular weight excluding hydrogens is 360 g/mol. The van der Waals surface area contributed by atoms with Gasteiger partial charge in [-0.25, -0.2) is 9.59 Å². The van der Waals surface area contributed by atoms with Crippen LogP contribution < -0.4 is 10.6 Å². The molecule has 1 aliphatic rings. The Hall–Kier alpha value is -3.61. The topological polar surface area (TPSA) is 93.7 Å². The van der Waals surface area contributed by atoms with Crippen molar-refractivity contribution in [3.05, 3.63) is 71.4 Å². The van der Waals surface area contributed by atoms with Crippen LogP contribution in [0.4, 0.5) is 11.4 Å². The van der Waals surface area contributed by atoms with Gasteiger partial charge in [-0.1, -0.05) is 17.7 Å². The molecule has 0 saturated carbocycles. The van der Waals surface area contributed by atoms with Gasteiger partial charge in [0.1, 0.15) is 0 Å². The zero-order valence-electron chi connectivity index (χ0n) is 15.7. The highest BCUT2D eigenvalue weighted by atomic mass is 16.7. The Balaban J connectivity index is 1.63. The van der Waals surface area contributed by atoms with Gasteiger partial charge in [0.15, 0.2) is 5.57 Å². The molecule has 7 nitrogen and oxygen atoms in total. The van der Waals surface area contributed by atoms with Crippen LogP contribution in [0.1, 0.15) is 29.8 Å².